The molecule has 3 aromatic carbocycles. The van der Waals surface area contributed by atoms with Crippen LogP contribution in [0.2, 0.25) is 0 Å². The molecule has 1 fully saturated rings. The Balaban J connectivity index is 1.68. The van der Waals surface area contributed by atoms with Crippen LogP contribution in [-0.2, 0) is 33.0 Å². The van der Waals surface area contributed by atoms with Gasteiger partial charge in [0.25, 0.3) is 5.91 Å². The number of rotatable bonds is 7. The molecule has 0 aliphatic carbocycles. The van der Waals surface area contributed by atoms with Gasteiger partial charge in [0, 0.05) is 32.4 Å². The molecule has 6 nitrogen and oxygen atoms in total. The van der Waals surface area contributed by atoms with E-state index in [1.807, 2.05) is 60.7 Å². The van der Waals surface area contributed by atoms with Gasteiger partial charge >= 0.3 is 12.1 Å². The summed E-state index contributed by atoms with van der Waals surface area (Å²) >= 11 is 0. The molecule has 1 saturated heterocycles. The van der Waals surface area contributed by atoms with Crippen molar-refractivity contribution in [3.05, 3.63) is 102 Å². The van der Waals surface area contributed by atoms with Crippen LogP contribution in [0.25, 0.3) is 0 Å². The predicted molar refractivity (Wildman–Crippen MR) is 134 cm³/mol. The summed E-state index contributed by atoms with van der Waals surface area (Å²) in [6, 6.07) is 24.2. The van der Waals surface area contributed by atoms with Crippen LogP contribution in [0, 0.1) is 0 Å². The van der Waals surface area contributed by atoms with Gasteiger partial charge in [-0.1, -0.05) is 72.8 Å². The van der Waals surface area contributed by atoms with Gasteiger partial charge in [-0.15, -0.1) is 0 Å². The van der Waals surface area contributed by atoms with Crippen molar-refractivity contribution >= 4 is 17.6 Å². The Kier molecular flexibility index (Phi) is 7.54. The number of benzene rings is 3. The van der Waals surface area contributed by atoms with Crippen LogP contribution in [0.4, 0.5) is 18.9 Å². The van der Waals surface area contributed by atoms with Crippen molar-refractivity contribution in [1.29, 1.82) is 0 Å². The molecule has 0 radical (unpaired) electrons. The number of anilines is 1. The summed E-state index contributed by atoms with van der Waals surface area (Å²) in [7, 11) is 2.31. The molecule has 2 atom stereocenters. The molecule has 0 aromatic heterocycles. The second kappa shape index (κ2) is 10.6. The Labute approximate surface area is 213 Å². The highest BCUT2D eigenvalue weighted by Crippen LogP contribution is 2.43. The Hall–Kier alpha value is -3.85. The lowest BCUT2D eigenvalue weighted by molar-refractivity contribution is -0.217. The molecular weight excluding hydrogens is 483 g/mol. The van der Waals surface area contributed by atoms with Crippen LogP contribution in [-0.4, -0.2) is 49.7 Å². The number of hydrogen-bond donors (Lipinski definition) is 1. The van der Waals surface area contributed by atoms with E-state index in [-0.39, 0.29) is 5.56 Å². The first-order valence-electron chi connectivity index (χ1n) is 11.8. The number of carbonyl (C=O) groups excluding carboxylic acids is 2. The maximum Gasteiger partial charge on any atom is 0.419 e. The number of ether oxygens (including phenoxy) is 1. The number of methoxy groups -OCH3 is 1. The fourth-order valence-electron chi connectivity index (χ4n) is 4.62. The normalized spacial score (nSPS) is 20.0. The van der Waals surface area contributed by atoms with Gasteiger partial charge in [-0.05, 0) is 28.8 Å². The number of halogens is 3. The van der Waals surface area contributed by atoms with Gasteiger partial charge in [0.2, 0.25) is 5.54 Å². The number of amides is 1. The molecule has 0 saturated carbocycles. The zero-order chi connectivity index (χ0) is 26.6. The average Bonchev–Trinajstić information content (AvgIpc) is 2.90. The zero-order valence-electron chi connectivity index (χ0n) is 20.5. The van der Waals surface area contributed by atoms with Crippen molar-refractivity contribution in [3.63, 3.8) is 0 Å². The maximum atomic E-state index is 14.5. The standard InChI is InChI=1S/C28H28F3N3O3/c1-33-24(25(35)37-2)17-32-27(26(33)36,28(29,30)31)22-13-15-23(16-14-22)34(18-20-9-5-3-6-10-20)19-21-11-7-4-8-12-21/h3-16,24,32H,17-19H2,1-2H3/t24-,27?/m0/s1. The van der Waals surface area contributed by atoms with Gasteiger partial charge in [-0.2, -0.15) is 13.2 Å². The van der Waals surface area contributed by atoms with Crippen LogP contribution in [0.3, 0.4) is 0 Å². The van der Waals surface area contributed by atoms with Gasteiger partial charge in [0.05, 0.1) is 7.11 Å². The molecular formula is C28H28F3N3O3. The number of piperazine rings is 1. The Morgan fingerprint density at radius 3 is 1.95 bits per heavy atom. The second-order valence-electron chi connectivity index (χ2n) is 8.96. The molecule has 1 amide bonds. The highest BCUT2D eigenvalue weighted by atomic mass is 19.4. The van der Waals surface area contributed by atoms with Crippen LogP contribution < -0.4 is 10.2 Å². The molecule has 4 rings (SSSR count). The lowest BCUT2D eigenvalue weighted by Crippen LogP contribution is -2.71. The molecule has 0 bridgehead atoms. The van der Waals surface area contributed by atoms with E-state index in [4.69, 9.17) is 0 Å². The third-order valence-corrected chi connectivity index (χ3v) is 6.67. The number of nitrogens with zero attached hydrogens (tertiary/aromatic N) is 2. The van der Waals surface area contributed by atoms with Crippen molar-refractivity contribution in [1.82, 2.24) is 10.2 Å². The van der Waals surface area contributed by atoms with Crippen LogP contribution in [0.5, 0.6) is 0 Å². The highest BCUT2D eigenvalue weighted by Gasteiger charge is 2.65. The fourth-order valence-corrected chi connectivity index (χ4v) is 4.62. The Morgan fingerprint density at radius 2 is 1.49 bits per heavy atom. The predicted octanol–water partition coefficient (Wildman–Crippen LogP) is 4.25. The third-order valence-electron chi connectivity index (χ3n) is 6.67. The first kappa shape index (κ1) is 26.2. The summed E-state index contributed by atoms with van der Waals surface area (Å²) in [5.41, 5.74) is -0.419. The zero-order valence-corrected chi connectivity index (χ0v) is 20.5. The molecule has 37 heavy (non-hydrogen) atoms. The van der Waals surface area contributed by atoms with Gasteiger partial charge in [0.15, 0.2) is 0 Å². The maximum absolute atomic E-state index is 14.5. The highest BCUT2D eigenvalue weighted by molar-refractivity contribution is 5.93. The minimum Gasteiger partial charge on any atom is -0.467 e. The van der Waals surface area contributed by atoms with E-state index in [1.165, 1.54) is 19.2 Å². The fraction of sp³-hybridized carbons (Fsp3) is 0.286. The molecule has 1 heterocycles. The van der Waals surface area contributed by atoms with Gasteiger partial charge in [0.1, 0.15) is 6.04 Å². The van der Waals surface area contributed by atoms with E-state index in [9.17, 15) is 22.8 Å². The van der Waals surface area contributed by atoms with E-state index in [2.05, 4.69) is 15.0 Å². The number of alkyl halides is 3. The molecule has 194 valence electrons. The smallest absolute Gasteiger partial charge is 0.419 e. The topological polar surface area (TPSA) is 61.9 Å². The first-order chi connectivity index (χ1) is 17.7. The molecule has 0 spiro atoms. The SMILES string of the molecule is COC(=O)[C@@H]1CNC(c2ccc(N(Cc3ccccc3)Cc3ccccc3)cc2)(C(F)(F)F)C(=O)N1C. The second-order valence-corrected chi connectivity index (χ2v) is 8.96. The largest absolute Gasteiger partial charge is 0.467 e. The first-order valence-corrected chi connectivity index (χ1v) is 11.8. The Bertz CT molecular complexity index is 1180. The molecule has 1 aliphatic rings. The van der Waals surface area contributed by atoms with Crippen LogP contribution >= 0.6 is 0 Å². The lowest BCUT2D eigenvalue weighted by atomic mass is 9.84. The number of carbonyl (C=O) groups is 2. The van der Waals surface area contributed by atoms with Crippen molar-refractivity contribution in [2.45, 2.75) is 30.8 Å². The van der Waals surface area contributed by atoms with Crippen molar-refractivity contribution in [3.8, 4) is 0 Å². The molecule has 9 heteroatoms. The lowest BCUT2D eigenvalue weighted by Gasteiger charge is -2.45. The van der Waals surface area contributed by atoms with Gasteiger partial charge in [-0.25, -0.2) is 4.79 Å². The third kappa shape index (κ3) is 5.17. The summed E-state index contributed by atoms with van der Waals surface area (Å²) in [5, 5.41) is 2.33. The molecule has 1 N–H and O–H groups in total. The van der Waals surface area contributed by atoms with Gasteiger partial charge in [-0.3, -0.25) is 10.1 Å². The average molecular weight is 512 g/mol. The van der Waals surface area contributed by atoms with E-state index < -0.39 is 36.2 Å². The monoisotopic (exact) mass is 511 g/mol. The summed E-state index contributed by atoms with van der Waals surface area (Å²) in [4.78, 5) is 28.0. The minimum absolute atomic E-state index is 0.247. The number of likely N-dealkylation sites (N-methyl/N-ethyl adjacent to an activating group) is 1. The Morgan fingerprint density at radius 1 is 0.973 bits per heavy atom. The summed E-state index contributed by atoms with van der Waals surface area (Å²) in [6.07, 6.45) is -4.95. The van der Waals surface area contributed by atoms with E-state index in [0.717, 1.165) is 23.1 Å². The summed E-state index contributed by atoms with van der Waals surface area (Å²) < 4.78 is 48.2. The minimum atomic E-state index is -4.95. The quantitative estimate of drug-likeness (QED) is 0.481. The van der Waals surface area contributed by atoms with Crippen LogP contribution in [0.15, 0.2) is 84.9 Å². The molecule has 1 unspecified atom stereocenters. The van der Waals surface area contributed by atoms with Crippen molar-refractivity contribution < 1.29 is 27.5 Å². The molecule has 1 aliphatic heterocycles. The van der Waals surface area contributed by atoms with Gasteiger partial charge < -0.3 is 14.5 Å². The van der Waals surface area contributed by atoms with Crippen molar-refractivity contribution in [2.75, 3.05) is 25.6 Å². The summed E-state index contributed by atoms with van der Waals surface area (Å²) in [6.45, 7) is 0.685. The van der Waals surface area contributed by atoms with Crippen LogP contribution in [0.1, 0.15) is 16.7 Å². The molecule has 3 aromatic rings. The van der Waals surface area contributed by atoms with E-state index >= 15 is 0 Å². The summed E-state index contributed by atoms with van der Waals surface area (Å²) in [5.74, 6) is -2.05. The van der Waals surface area contributed by atoms with E-state index in [1.54, 1.807) is 12.1 Å². The van der Waals surface area contributed by atoms with Crippen molar-refractivity contribution in [2.24, 2.45) is 0 Å². The number of nitrogens with one attached hydrogen (secondary N) is 1. The number of hydrogen-bond acceptors (Lipinski definition) is 5. The van der Waals surface area contributed by atoms with E-state index in [0.29, 0.717) is 18.8 Å². The number of esters is 1.